The fraction of sp³-hybridized carbons (Fsp3) is 0.474. The van der Waals surface area contributed by atoms with E-state index in [1.807, 2.05) is 44.3 Å². The number of aryl methyl sites for hydroxylation is 1. The van der Waals surface area contributed by atoms with Gasteiger partial charge in [0.25, 0.3) is 5.91 Å². The van der Waals surface area contributed by atoms with Crippen LogP contribution in [0.3, 0.4) is 0 Å². The average Bonchev–Trinajstić information content (AvgIpc) is 2.90. The van der Waals surface area contributed by atoms with Gasteiger partial charge in [0.1, 0.15) is 5.15 Å². The zero-order valence-electron chi connectivity index (χ0n) is 14.3. The molecular formula is C19H24ClN3O. The molecule has 1 heterocycles. The highest BCUT2D eigenvalue weighted by molar-refractivity contribution is 6.33. The van der Waals surface area contributed by atoms with E-state index >= 15 is 0 Å². The number of aromatic nitrogens is 2. The van der Waals surface area contributed by atoms with Gasteiger partial charge in [0, 0.05) is 13.6 Å². The molecule has 3 rings (SSSR count). The Kier molecular flexibility index (Phi) is 5.24. The van der Waals surface area contributed by atoms with Crippen LogP contribution in [-0.4, -0.2) is 34.2 Å². The van der Waals surface area contributed by atoms with Gasteiger partial charge in [-0.1, -0.05) is 49.1 Å². The Morgan fingerprint density at radius 1 is 1.25 bits per heavy atom. The van der Waals surface area contributed by atoms with Crippen LogP contribution >= 0.6 is 11.6 Å². The number of benzene rings is 1. The van der Waals surface area contributed by atoms with Gasteiger partial charge in [0.15, 0.2) is 0 Å². The zero-order valence-corrected chi connectivity index (χ0v) is 15.1. The van der Waals surface area contributed by atoms with Crippen molar-refractivity contribution in [3.63, 3.8) is 0 Å². The van der Waals surface area contributed by atoms with Crippen LogP contribution < -0.4 is 0 Å². The monoisotopic (exact) mass is 345 g/mol. The molecule has 1 aliphatic rings. The van der Waals surface area contributed by atoms with Gasteiger partial charge in [-0.15, -0.1) is 0 Å². The Morgan fingerprint density at radius 2 is 1.92 bits per heavy atom. The summed E-state index contributed by atoms with van der Waals surface area (Å²) >= 11 is 6.50. The first-order chi connectivity index (χ1) is 11.6. The summed E-state index contributed by atoms with van der Waals surface area (Å²) in [4.78, 5) is 14.7. The normalized spacial score (nSPS) is 15.5. The number of nitrogens with zero attached hydrogens (tertiary/aromatic N) is 3. The van der Waals surface area contributed by atoms with Gasteiger partial charge in [-0.3, -0.25) is 4.79 Å². The van der Waals surface area contributed by atoms with Crippen LogP contribution in [0.4, 0.5) is 0 Å². The van der Waals surface area contributed by atoms with Gasteiger partial charge in [0.05, 0.1) is 16.9 Å². The molecule has 0 unspecified atom stereocenters. The summed E-state index contributed by atoms with van der Waals surface area (Å²) in [6.45, 7) is 2.64. The van der Waals surface area contributed by atoms with E-state index in [0.717, 1.165) is 12.2 Å². The van der Waals surface area contributed by atoms with E-state index in [1.54, 1.807) is 9.58 Å². The summed E-state index contributed by atoms with van der Waals surface area (Å²) in [5.74, 6) is 0.571. The van der Waals surface area contributed by atoms with Crippen molar-refractivity contribution in [3.05, 3.63) is 46.7 Å². The Morgan fingerprint density at radius 3 is 2.58 bits per heavy atom. The number of hydrogen-bond acceptors (Lipinski definition) is 2. The number of hydrogen-bond donors (Lipinski definition) is 0. The number of para-hydroxylation sites is 1. The molecule has 0 atom stereocenters. The zero-order chi connectivity index (χ0) is 17.1. The van der Waals surface area contributed by atoms with Gasteiger partial charge in [-0.05, 0) is 37.8 Å². The van der Waals surface area contributed by atoms with Crippen molar-refractivity contribution in [2.45, 2.75) is 39.0 Å². The molecule has 1 aromatic heterocycles. The standard InChI is InChI=1S/C19H24ClN3O/c1-14-17(18(20)23(21-14)16-11-7-4-8-12-16)19(24)22(2)13-15-9-5-3-6-10-15/h4,7-8,11-12,15H,3,5-6,9-10,13H2,1-2H3. The lowest BCUT2D eigenvalue weighted by molar-refractivity contribution is 0.0760. The fourth-order valence-electron chi connectivity index (χ4n) is 3.51. The Labute approximate surface area is 148 Å². The van der Waals surface area contributed by atoms with Gasteiger partial charge in [-0.25, -0.2) is 4.68 Å². The number of amides is 1. The van der Waals surface area contributed by atoms with E-state index in [9.17, 15) is 4.79 Å². The van der Waals surface area contributed by atoms with Crippen LogP contribution in [0.25, 0.3) is 5.69 Å². The molecule has 1 saturated carbocycles. The average molecular weight is 346 g/mol. The molecule has 0 aliphatic heterocycles. The van der Waals surface area contributed by atoms with Crippen molar-refractivity contribution in [1.82, 2.24) is 14.7 Å². The van der Waals surface area contributed by atoms with Gasteiger partial charge < -0.3 is 4.90 Å². The number of carbonyl (C=O) groups is 1. The predicted octanol–water partition coefficient (Wildman–Crippen LogP) is 4.49. The lowest BCUT2D eigenvalue weighted by atomic mass is 9.89. The molecule has 2 aromatic rings. The summed E-state index contributed by atoms with van der Waals surface area (Å²) in [6, 6.07) is 9.66. The van der Waals surface area contributed by atoms with Crippen LogP contribution in [0, 0.1) is 12.8 Å². The van der Waals surface area contributed by atoms with Crippen LogP contribution in [0.5, 0.6) is 0 Å². The molecule has 0 radical (unpaired) electrons. The smallest absolute Gasteiger partial charge is 0.258 e. The Balaban J connectivity index is 1.81. The first kappa shape index (κ1) is 17.0. The third kappa shape index (κ3) is 3.48. The van der Waals surface area contributed by atoms with E-state index in [2.05, 4.69) is 5.10 Å². The van der Waals surface area contributed by atoms with E-state index in [1.165, 1.54) is 32.1 Å². The van der Waals surface area contributed by atoms with Crippen LogP contribution in [0.15, 0.2) is 30.3 Å². The highest BCUT2D eigenvalue weighted by atomic mass is 35.5. The topological polar surface area (TPSA) is 38.1 Å². The molecule has 0 spiro atoms. The Bertz CT molecular complexity index is 705. The molecule has 1 fully saturated rings. The second-order valence-electron chi connectivity index (χ2n) is 6.69. The minimum absolute atomic E-state index is 0.0368. The molecule has 4 nitrogen and oxygen atoms in total. The molecule has 128 valence electrons. The molecule has 1 amide bonds. The maximum atomic E-state index is 12.9. The summed E-state index contributed by atoms with van der Waals surface area (Å²) < 4.78 is 1.64. The molecule has 0 bridgehead atoms. The highest BCUT2D eigenvalue weighted by Crippen LogP contribution is 2.27. The van der Waals surface area contributed by atoms with Crippen molar-refractivity contribution in [3.8, 4) is 5.69 Å². The van der Waals surface area contributed by atoms with E-state index < -0.39 is 0 Å². The molecular weight excluding hydrogens is 322 g/mol. The first-order valence-electron chi connectivity index (χ1n) is 8.64. The van der Waals surface area contributed by atoms with Crippen molar-refractivity contribution in [1.29, 1.82) is 0 Å². The van der Waals surface area contributed by atoms with E-state index in [-0.39, 0.29) is 5.91 Å². The quantitative estimate of drug-likeness (QED) is 0.819. The van der Waals surface area contributed by atoms with Crippen LogP contribution in [0.2, 0.25) is 5.15 Å². The number of rotatable bonds is 4. The third-order valence-electron chi connectivity index (χ3n) is 4.82. The maximum absolute atomic E-state index is 12.9. The number of carbonyl (C=O) groups excluding carboxylic acids is 1. The van der Waals surface area contributed by atoms with Crippen molar-refractivity contribution >= 4 is 17.5 Å². The van der Waals surface area contributed by atoms with E-state index in [0.29, 0.717) is 22.3 Å². The summed E-state index contributed by atoms with van der Waals surface area (Å²) in [5, 5.41) is 4.86. The largest absolute Gasteiger partial charge is 0.341 e. The summed E-state index contributed by atoms with van der Waals surface area (Å²) in [5.41, 5.74) is 2.04. The minimum atomic E-state index is -0.0368. The molecule has 0 saturated heterocycles. The van der Waals surface area contributed by atoms with Crippen LogP contribution in [0.1, 0.15) is 48.2 Å². The molecule has 1 aromatic carbocycles. The lowest BCUT2D eigenvalue weighted by Gasteiger charge is -2.27. The maximum Gasteiger partial charge on any atom is 0.258 e. The van der Waals surface area contributed by atoms with Crippen molar-refractivity contribution in [2.75, 3.05) is 13.6 Å². The van der Waals surface area contributed by atoms with Crippen molar-refractivity contribution < 1.29 is 4.79 Å². The first-order valence-corrected chi connectivity index (χ1v) is 9.01. The molecule has 5 heteroatoms. The second kappa shape index (κ2) is 7.39. The molecule has 1 aliphatic carbocycles. The second-order valence-corrected chi connectivity index (χ2v) is 7.05. The summed E-state index contributed by atoms with van der Waals surface area (Å²) in [7, 11) is 1.87. The molecule has 0 N–H and O–H groups in total. The van der Waals surface area contributed by atoms with Gasteiger partial charge in [-0.2, -0.15) is 5.10 Å². The predicted molar refractivity (Wildman–Crippen MR) is 96.8 cm³/mol. The lowest BCUT2D eigenvalue weighted by Crippen LogP contribution is -2.33. The minimum Gasteiger partial charge on any atom is -0.341 e. The van der Waals surface area contributed by atoms with Gasteiger partial charge in [0.2, 0.25) is 0 Å². The SMILES string of the molecule is Cc1nn(-c2ccccc2)c(Cl)c1C(=O)N(C)CC1CCCCC1. The Hall–Kier alpha value is -1.81. The summed E-state index contributed by atoms with van der Waals surface area (Å²) in [6.07, 6.45) is 6.31. The highest BCUT2D eigenvalue weighted by Gasteiger charge is 2.25. The molecule has 24 heavy (non-hydrogen) atoms. The third-order valence-corrected chi connectivity index (χ3v) is 5.17. The van der Waals surface area contributed by atoms with Crippen molar-refractivity contribution in [2.24, 2.45) is 5.92 Å². The number of halogens is 1. The van der Waals surface area contributed by atoms with Crippen LogP contribution in [-0.2, 0) is 0 Å². The van der Waals surface area contributed by atoms with E-state index in [4.69, 9.17) is 11.6 Å². The van der Waals surface area contributed by atoms with Gasteiger partial charge >= 0.3 is 0 Å². The fourth-order valence-corrected chi connectivity index (χ4v) is 3.87.